The van der Waals surface area contributed by atoms with Crippen LogP contribution in [0.15, 0.2) is 42.5 Å². The number of ether oxygens (including phenoxy) is 2. The first-order valence-corrected chi connectivity index (χ1v) is 8.52. The van der Waals surface area contributed by atoms with Gasteiger partial charge in [-0.25, -0.2) is 9.18 Å². The van der Waals surface area contributed by atoms with E-state index in [0.717, 1.165) is 5.56 Å². The molecule has 0 aliphatic rings. The molecule has 0 aliphatic carbocycles. The Morgan fingerprint density at radius 1 is 1.19 bits per heavy atom. The molecule has 0 aromatic heterocycles. The summed E-state index contributed by atoms with van der Waals surface area (Å²) in [7, 11) is 5.11. The minimum absolute atomic E-state index is 0. The summed E-state index contributed by atoms with van der Waals surface area (Å²) in [5, 5.41) is 3.26. The number of benzene rings is 2. The standard InChI is InChI=1S/C19H22ClFN2O3.ClH/c1-22-18(10-11-25-15-8-9-17(21)16(20)12-15)13-4-6-14(7-5-13)26-19(24)23(2)3;/h4-9,12,18,22H,10-11H2,1-3H3;1H. The lowest BCUT2D eigenvalue weighted by atomic mass is 10.0. The van der Waals surface area contributed by atoms with Crippen LogP contribution in [0.2, 0.25) is 5.02 Å². The van der Waals surface area contributed by atoms with Crippen molar-refractivity contribution in [2.45, 2.75) is 12.5 Å². The predicted octanol–water partition coefficient (Wildman–Crippen LogP) is 4.69. The van der Waals surface area contributed by atoms with Crippen LogP contribution in [-0.4, -0.2) is 38.7 Å². The lowest BCUT2D eigenvalue weighted by molar-refractivity contribution is 0.172. The summed E-state index contributed by atoms with van der Waals surface area (Å²) in [5.74, 6) is 0.541. The van der Waals surface area contributed by atoms with Crippen LogP contribution in [-0.2, 0) is 0 Å². The average molecular weight is 417 g/mol. The van der Waals surface area contributed by atoms with Crippen molar-refractivity contribution in [1.29, 1.82) is 0 Å². The maximum absolute atomic E-state index is 13.1. The molecule has 2 aromatic rings. The van der Waals surface area contributed by atoms with E-state index in [1.54, 1.807) is 32.3 Å². The van der Waals surface area contributed by atoms with Crippen molar-refractivity contribution in [2.75, 3.05) is 27.7 Å². The van der Waals surface area contributed by atoms with Crippen LogP contribution in [0.5, 0.6) is 11.5 Å². The smallest absolute Gasteiger partial charge is 0.414 e. The van der Waals surface area contributed by atoms with Gasteiger partial charge in [-0.3, -0.25) is 0 Å². The van der Waals surface area contributed by atoms with E-state index in [2.05, 4.69) is 5.32 Å². The fourth-order valence-electron chi connectivity index (χ4n) is 2.30. The van der Waals surface area contributed by atoms with Crippen LogP contribution in [0.1, 0.15) is 18.0 Å². The molecule has 0 aliphatic heterocycles. The van der Waals surface area contributed by atoms with Gasteiger partial charge in [-0.1, -0.05) is 23.7 Å². The van der Waals surface area contributed by atoms with E-state index >= 15 is 0 Å². The van der Waals surface area contributed by atoms with E-state index in [0.29, 0.717) is 24.5 Å². The normalized spacial score (nSPS) is 11.3. The molecule has 0 radical (unpaired) electrons. The van der Waals surface area contributed by atoms with Crippen molar-refractivity contribution in [3.63, 3.8) is 0 Å². The van der Waals surface area contributed by atoms with E-state index in [9.17, 15) is 9.18 Å². The van der Waals surface area contributed by atoms with Gasteiger partial charge in [0.15, 0.2) is 0 Å². The molecule has 0 saturated heterocycles. The summed E-state index contributed by atoms with van der Waals surface area (Å²) in [4.78, 5) is 12.9. The number of rotatable bonds is 7. The molecule has 0 saturated carbocycles. The summed E-state index contributed by atoms with van der Waals surface area (Å²) in [6.07, 6.45) is 0.275. The molecule has 0 spiro atoms. The second-order valence-electron chi connectivity index (χ2n) is 5.89. The first-order chi connectivity index (χ1) is 12.4. The molecule has 2 rings (SSSR count). The Morgan fingerprint density at radius 3 is 2.37 bits per heavy atom. The third-order valence-corrected chi connectivity index (χ3v) is 4.06. The molecule has 1 N–H and O–H groups in total. The van der Waals surface area contributed by atoms with Crippen LogP contribution >= 0.6 is 24.0 Å². The maximum Gasteiger partial charge on any atom is 0.414 e. The molecule has 0 bridgehead atoms. The van der Waals surface area contributed by atoms with Gasteiger partial charge in [0, 0.05) is 32.6 Å². The fourth-order valence-corrected chi connectivity index (χ4v) is 2.47. The van der Waals surface area contributed by atoms with E-state index < -0.39 is 11.9 Å². The Balaban J connectivity index is 0.00000364. The highest BCUT2D eigenvalue weighted by atomic mass is 35.5. The van der Waals surface area contributed by atoms with Crippen LogP contribution in [0, 0.1) is 5.82 Å². The zero-order valence-corrected chi connectivity index (χ0v) is 16.9. The van der Waals surface area contributed by atoms with Crippen molar-refractivity contribution in [3.05, 3.63) is 58.9 Å². The Bertz CT molecular complexity index is 742. The lowest BCUT2D eigenvalue weighted by Crippen LogP contribution is -2.25. The number of nitrogens with zero attached hydrogens (tertiary/aromatic N) is 1. The molecule has 8 heteroatoms. The number of nitrogens with one attached hydrogen (secondary N) is 1. The quantitative estimate of drug-likeness (QED) is 0.710. The predicted molar refractivity (Wildman–Crippen MR) is 107 cm³/mol. The van der Waals surface area contributed by atoms with E-state index in [1.165, 1.54) is 17.0 Å². The molecular formula is C19H23Cl2FN2O3. The molecule has 0 heterocycles. The molecule has 0 fully saturated rings. The molecule has 1 atom stereocenters. The molecule has 5 nitrogen and oxygen atoms in total. The first-order valence-electron chi connectivity index (χ1n) is 8.15. The van der Waals surface area contributed by atoms with E-state index in [-0.39, 0.29) is 23.5 Å². The lowest BCUT2D eigenvalue weighted by Gasteiger charge is -2.18. The van der Waals surface area contributed by atoms with Crippen molar-refractivity contribution in [1.82, 2.24) is 10.2 Å². The summed E-state index contributed by atoms with van der Waals surface area (Å²) in [5.41, 5.74) is 1.04. The average Bonchev–Trinajstić information content (AvgIpc) is 2.62. The highest BCUT2D eigenvalue weighted by Gasteiger charge is 2.12. The van der Waals surface area contributed by atoms with Crippen LogP contribution in [0.4, 0.5) is 9.18 Å². The number of carbonyl (C=O) groups is 1. The highest BCUT2D eigenvalue weighted by molar-refractivity contribution is 6.30. The van der Waals surface area contributed by atoms with Gasteiger partial charge in [0.25, 0.3) is 0 Å². The van der Waals surface area contributed by atoms with Gasteiger partial charge >= 0.3 is 6.09 Å². The second-order valence-corrected chi connectivity index (χ2v) is 6.29. The minimum Gasteiger partial charge on any atom is -0.493 e. The first kappa shape index (κ1) is 23.0. The number of hydrogen-bond donors (Lipinski definition) is 1. The second kappa shape index (κ2) is 11.0. The Kier molecular flexibility index (Phi) is 9.35. The molecule has 27 heavy (non-hydrogen) atoms. The number of hydrogen-bond acceptors (Lipinski definition) is 4. The SMILES string of the molecule is CNC(CCOc1ccc(F)c(Cl)c1)c1ccc(OC(=O)N(C)C)cc1.Cl. The van der Waals surface area contributed by atoms with Crippen LogP contribution in [0.25, 0.3) is 0 Å². The van der Waals surface area contributed by atoms with Gasteiger partial charge in [-0.2, -0.15) is 0 Å². The minimum atomic E-state index is -0.470. The van der Waals surface area contributed by atoms with Gasteiger partial charge < -0.3 is 19.7 Å². The zero-order valence-electron chi connectivity index (χ0n) is 15.4. The number of halogens is 3. The van der Waals surface area contributed by atoms with Crippen molar-refractivity contribution < 1.29 is 18.7 Å². The Hall–Kier alpha value is -2.02. The van der Waals surface area contributed by atoms with Gasteiger partial charge in [0.2, 0.25) is 0 Å². The van der Waals surface area contributed by atoms with E-state index in [4.69, 9.17) is 21.1 Å². The zero-order chi connectivity index (χ0) is 19.1. The summed E-state index contributed by atoms with van der Waals surface area (Å²) < 4.78 is 24.0. The van der Waals surface area contributed by atoms with Gasteiger partial charge in [-0.15, -0.1) is 12.4 Å². The van der Waals surface area contributed by atoms with Gasteiger partial charge in [-0.05, 0) is 36.9 Å². The van der Waals surface area contributed by atoms with Crippen LogP contribution < -0.4 is 14.8 Å². The third kappa shape index (κ3) is 6.90. The highest BCUT2D eigenvalue weighted by Crippen LogP contribution is 2.23. The maximum atomic E-state index is 13.1. The molecule has 148 valence electrons. The topological polar surface area (TPSA) is 50.8 Å². The van der Waals surface area contributed by atoms with Crippen molar-refractivity contribution >= 4 is 30.1 Å². The molecule has 1 amide bonds. The third-order valence-electron chi connectivity index (χ3n) is 3.77. The Morgan fingerprint density at radius 2 is 1.81 bits per heavy atom. The summed E-state index contributed by atoms with van der Waals surface area (Å²) in [6.45, 7) is 0.435. The van der Waals surface area contributed by atoms with Crippen molar-refractivity contribution in [2.24, 2.45) is 0 Å². The fraction of sp³-hybridized carbons (Fsp3) is 0.316. The van der Waals surface area contributed by atoms with Crippen molar-refractivity contribution in [3.8, 4) is 11.5 Å². The molecule has 1 unspecified atom stereocenters. The monoisotopic (exact) mass is 416 g/mol. The summed E-state index contributed by atoms with van der Waals surface area (Å²) >= 11 is 5.74. The van der Waals surface area contributed by atoms with Gasteiger partial charge in [0.05, 0.1) is 11.6 Å². The molecule has 2 aromatic carbocycles. The molecular weight excluding hydrogens is 394 g/mol. The summed E-state index contributed by atoms with van der Waals surface area (Å²) in [6, 6.07) is 11.6. The number of carbonyl (C=O) groups excluding carboxylic acids is 1. The largest absolute Gasteiger partial charge is 0.493 e. The van der Waals surface area contributed by atoms with Gasteiger partial charge in [0.1, 0.15) is 17.3 Å². The van der Waals surface area contributed by atoms with E-state index in [1.807, 2.05) is 19.2 Å². The van der Waals surface area contributed by atoms with Crippen LogP contribution in [0.3, 0.4) is 0 Å². The Labute approximate surface area is 169 Å². The number of amides is 1.